The van der Waals surface area contributed by atoms with E-state index in [1.165, 1.54) is 13.2 Å². The van der Waals surface area contributed by atoms with Crippen molar-refractivity contribution in [3.05, 3.63) is 42.0 Å². The first-order valence-electron chi connectivity index (χ1n) is 12.2. The number of fused-ring (bicyclic) bond motifs is 3. The number of carbonyl (C=O) groups is 1. The molecule has 12 heteroatoms. The summed E-state index contributed by atoms with van der Waals surface area (Å²) in [6.45, 7) is -0.799. The van der Waals surface area contributed by atoms with E-state index in [4.69, 9.17) is 28.4 Å². The molecule has 4 aliphatic rings. The molecule has 0 unspecified atom stereocenters. The SMILES string of the molecule is CO[C@@H]1C[C@H]2[C@H](O)[C@@H]3O[C@]3(CO)[C@H]2[C@H](O[C@@H]2O[C@H](COC(=O)/C=C/c3ccccc3)[C@@H](O)[C@H](O)[C@H]2O)O1. The van der Waals surface area contributed by atoms with E-state index < -0.39 is 79.6 Å². The summed E-state index contributed by atoms with van der Waals surface area (Å²) in [5.41, 5.74) is -0.272. The highest BCUT2D eigenvalue weighted by atomic mass is 16.8. The standard InChI is InChI=1S/C25H32O12/c1-32-16-9-13-17(25(11-26)22(37-25)18(13)28)23(35-16)36-24-21(31)20(30)19(29)14(34-24)10-33-15(27)8-7-12-5-3-2-4-6-12/h2-8,13-14,16-24,26,28-31H,9-11H2,1H3/b8-7+/t13-,14-,16+,17-,18+,19-,20+,21-,22+,23+,24+,25-/m1/s1. The zero-order valence-electron chi connectivity index (χ0n) is 20.1. The van der Waals surface area contributed by atoms with Crippen LogP contribution in [0.4, 0.5) is 0 Å². The second kappa shape index (κ2) is 10.7. The molecule has 3 aliphatic heterocycles. The van der Waals surface area contributed by atoms with Gasteiger partial charge >= 0.3 is 5.97 Å². The van der Waals surface area contributed by atoms with Crippen molar-refractivity contribution >= 4 is 12.0 Å². The first kappa shape index (κ1) is 26.6. The van der Waals surface area contributed by atoms with Crippen molar-refractivity contribution in [3.8, 4) is 0 Å². The Morgan fingerprint density at radius 3 is 2.51 bits per heavy atom. The molecule has 0 spiro atoms. The van der Waals surface area contributed by atoms with Crippen LogP contribution in [0.15, 0.2) is 36.4 Å². The number of epoxide rings is 1. The van der Waals surface area contributed by atoms with Gasteiger partial charge in [0.15, 0.2) is 18.9 Å². The molecule has 3 saturated heterocycles. The summed E-state index contributed by atoms with van der Waals surface area (Å²) in [6.07, 6.45) is -7.84. The predicted octanol–water partition coefficient (Wildman–Crippen LogP) is -1.48. The van der Waals surface area contributed by atoms with Crippen molar-refractivity contribution in [2.24, 2.45) is 11.8 Å². The summed E-state index contributed by atoms with van der Waals surface area (Å²) in [6, 6.07) is 9.10. The van der Waals surface area contributed by atoms with E-state index in [0.29, 0.717) is 6.42 Å². The molecule has 5 rings (SSSR count). The molecule has 0 amide bonds. The fraction of sp³-hybridized carbons (Fsp3) is 0.640. The maximum atomic E-state index is 12.2. The molecule has 204 valence electrons. The van der Waals surface area contributed by atoms with Gasteiger partial charge in [-0.05, 0) is 11.6 Å². The molecule has 1 saturated carbocycles. The minimum Gasteiger partial charge on any atom is -0.460 e. The monoisotopic (exact) mass is 524 g/mol. The molecule has 0 radical (unpaired) electrons. The Morgan fingerprint density at radius 1 is 1.05 bits per heavy atom. The largest absolute Gasteiger partial charge is 0.460 e. The van der Waals surface area contributed by atoms with E-state index in [0.717, 1.165) is 5.56 Å². The third-order valence-corrected chi connectivity index (χ3v) is 7.64. The fourth-order valence-corrected chi connectivity index (χ4v) is 5.60. The molecule has 37 heavy (non-hydrogen) atoms. The fourth-order valence-electron chi connectivity index (χ4n) is 5.60. The zero-order chi connectivity index (χ0) is 26.3. The Bertz CT molecular complexity index is 974. The molecule has 1 aliphatic carbocycles. The van der Waals surface area contributed by atoms with Crippen LogP contribution in [-0.4, -0.2) is 113 Å². The molecule has 0 bridgehead atoms. The van der Waals surface area contributed by atoms with Gasteiger partial charge in [0.25, 0.3) is 0 Å². The molecular formula is C25H32O12. The molecule has 0 aromatic heterocycles. The number of carbonyl (C=O) groups excluding carboxylic acids is 1. The maximum Gasteiger partial charge on any atom is 0.330 e. The molecule has 1 aromatic carbocycles. The van der Waals surface area contributed by atoms with E-state index in [2.05, 4.69) is 0 Å². The van der Waals surface area contributed by atoms with Crippen molar-refractivity contribution in [2.75, 3.05) is 20.3 Å². The van der Waals surface area contributed by atoms with E-state index >= 15 is 0 Å². The number of rotatable bonds is 8. The number of benzene rings is 1. The number of aliphatic hydroxyl groups is 5. The predicted molar refractivity (Wildman–Crippen MR) is 122 cm³/mol. The highest BCUT2D eigenvalue weighted by Gasteiger charge is 2.76. The summed E-state index contributed by atoms with van der Waals surface area (Å²) >= 11 is 0. The molecule has 12 nitrogen and oxygen atoms in total. The Hall–Kier alpha value is -1.97. The van der Waals surface area contributed by atoms with E-state index in [9.17, 15) is 30.3 Å². The zero-order valence-corrected chi connectivity index (χ0v) is 20.1. The van der Waals surface area contributed by atoms with Crippen LogP contribution in [0.2, 0.25) is 0 Å². The average molecular weight is 525 g/mol. The van der Waals surface area contributed by atoms with Gasteiger partial charge in [0, 0.05) is 31.4 Å². The third kappa shape index (κ3) is 4.94. The van der Waals surface area contributed by atoms with Crippen LogP contribution < -0.4 is 0 Å². The lowest BCUT2D eigenvalue weighted by Gasteiger charge is -2.45. The van der Waals surface area contributed by atoms with Crippen LogP contribution in [0, 0.1) is 11.8 Å². The minimum atomic E-state index is -1.68. The second-order valence-electron chi connectivity index (χ2n) is 9.76. The highest BCUT2D eigenvalue weighted by molar-refractivity contribution is 5.87. The molecule has 4 fully saturated rings. The number of hydrogen-bond donors (Lipinski definition) is 5. The van der Waals surface area contributed by atoms with Gasteiger partial charge in [0.1, 0.15) is 42.7 Å². The number of ether oxygens (including phenoxy) is 6. The van der Waals surface area contributed by atoms with E-state index in [1.54, 1.807) is 6.08 Å². The molecule has 3 heterocycles. The van der Waals surface area contributed by atoms with Crippen molar-refractivity contribution in [1.29, 1.82) is 0 Å². The number of aliphatic hydroxyl groups excluding tert-OH is 5. The van der Waals surface area contributed by atoms with E-state index in [-0.39, 0.29) is 12.5 Å². The number of methoxy groups -OCH3 is 1. The lowest BCUT2D eigenvalue weighted by molar-refractivity contribution is -0.380. The van der Waals surface area contributed by atoms with E-state index in [1.807, 2.05) is 30.3 Å². The first-order chi connectivity index (χ1) is 17.8. The summed E-state index contributed by atoms with van der Waals surface area (Å²) in [7, 11) is 1.44. The lowest BCUT2D eigenvalue weighted by atomic mass is 9.82. The minimum absolute atomic E-state index is 0.342. The smallest absolute Gasteiger partial charge is 0.330 e. The number of esters is 1. The average Bonchev–Trinajstić information content (AvgIpc) is 3.61. The van der Waals surface area contributed by atoms with Gasteiger partial charge in [-0.2, -0.15) is 0 Å². The summed E-state index contributed by atoms with van der Waals surface area (Å²) in [5, 5.41) is 52.1. The highest BCUT2D eigenvalue weighted by Crippen LogP contribution is 2.61. The quantitative estimate of drug-likeness (QED) is 0.152. The van der Waals surface area contributed by atoms with Crippen LogP contribution >= 0.6 is 0 Å². The number of hydrogen-bond acceptors (Lipinski definition) is 12. The molecule has 12 atom stereocenters. The van der Waals surface area contributed by atoms with Crippen LogP contribution in [0.5, 0.6) is 0 Å². The van der Waals surface area contributed by atoms with Crippen LogP contribution in [0.3, 0.4) is 0 Å². The maximum absolute atomic E-state index is 12.2. The third-order valence-electron chi connectivity index (χ3n) is 7.64. The van der Waals surface area contributed by atoms with Gasteiger partial charge in [-0.3, -0.25) is 0 Å². The van der Waals surface area contributed by atoms with Gasteiger partial charge in [0.05, 0.1) is 12.7 Å². The van der Waals surface area contributed by atoms with Gasteiger partial charge in [0.2, 0.25) is 0 Å². The first-order valence-corrected chi connectivity index (χ1v) is 12.2. The van der Waals surface area contributed by atoms with Crippen molar-refractivity contribution < 1.29 is 58.7 Å². The van der Waals surface area contributed by atoms with Crippen molar-refractivity contribution in [3.63, 3.8) is 0 Å². The lowest BCUT2D eigenvalue weighted by Crippen LogP contribution is -2.61. The van der Waals surface area contributed by atoms with Crippen LogP contribution in [0.25, 0.3) is 6.08 Å². The van der Waals surface area contributed by atoms with Gasteiger partial charge in [-0.15, -0.1) is 0 Å². The topological polar surface area (TPSA) is 177 Å². The summed E-state index contributed by atoms with van der Waals surface area (Å²) < 4.78 is 33.6. The molecular weight excluding hydrogens is 492 g/mol. The Morgan fingerprint density at radius 2 is 1.81 bits per heavy atom. The summed E-state index contributed by atoms with van der Waals surface area (Å²) in [4.78, 5) is 12.2. The van der Waals surface area contributed by atoms with Crippen LogP contribution in [-0.2, 0) is 33.2 Å². The Labute approximate surface area is 212 Å². The molecule has 5 N–H and O–H groups in total. The van der Waals surface area contributed by atoms with Crippen LogP contribution in [0.1, 0.15) is 12.0 Å². The van der Waals surface area contributed by atoms with Gasteiger partial charge in [-0.1, -0.05) is 30.3 Å². The van der Waals surface area contributed by atoms with Gasteiger partial charge < -0.3 is 54.0 Å². The van der Waals surface area contributed by atoms with Gasteiger partial charge in [-0.25, -0.2) is 4.79 Å². The Balaban J connectivity index is 1.25. The molecule has 1 aromatic rings. The van der Waals surface area contributed by atoms with Crippen molar-refractivity contribution in [1.82, 2.24) is 0 Å². The summed E-state index contributed by atoms with van der Waals surface area (Å²) in [5.74, 6) is -1.68. The normalized spacial score (nSPS) is 44.9. The second-order valence-corrected chi connectivity index (χ2v) is 9.76. The van der Waals surface area contributed by atoms with Crippen molar-refractivity contribution in [2.45, 2.75) is 67.5 Å². The Kier molecular flexibility index (Phi) is 7.67.